The number of hydrogen-bond donors (Lipinski definition) is 1. The lowest BCUT2D eigenvalue weighted by Crippen LogP contribution is -2.53. The van der Waals surface area contributed by atoms with E-state index in [4.69, 9.17) is 23.2 Å². The predicted octanol–water partition coefficient (Wildman–Crippen LogP) is 7.36. The van der Waals surface area contributed by atoms with Crippen molar-refractivity contribution in [3.05, 3.63) is 129 Å². The number of halogens is 3. The monoisotopic (exact) mass is 729 g/mol. The standard InChI is InChI=1S/C34H34BrCl2N3O4S/c1-24(2)21-38-34(42)32(19-25-10-5-3-6-11-25)39(22-26-12-9-13-27(35)18-26)33(41)23-40(28-16-17-30(36)31(37)20-28)45(43,44)29-14-7-4-8-15-29/h3-18,20,24,32H,19,21-23H2,1-2H3,(H,38,42)/t32-/m1/s1. The van der Waals surface area contributed by atoms with Crippen molar-refractivity contribution in [1.82, 2.24) is 10.2 Å². The molecule has 0 aliphatic carbocycles. The van der Waals surface area contributed by atoms with E-state index < -0.39 is 28.5 Å². The molecule has 0 spiro atoms. The minimum absolute atomic E-state index is 0.00192. The van der Waals surface area contributed by atoms with Gasteiger partial charge >= 0.3 is 0 Å². The lowest BCUT2D eigenvalue weighted by atomic mass is 10.0. The van der Waals surface area contributed by atoms with E-state index >= 15 is 0 Å². The molecule has 0 bridgehead atoms. The first-order chi connectivity index (χ1) is 21.5. The van der Waals surface area contributed by atoms with Crippen molar-refractivity contribution in [2.75, 3.05) is 17.4 Å². The smallest absolute Gasteiger partial charge is 0.264 e. The third kappa shape index (κ3) is 9.33. The van der Waals surface area contributed by atoms with Gasteiger partial charge in [0.2, 0.25) is 11.8 Å². The Balaban J connectivity index is 1.81. The van der Waals surface area contributed by atoms with Gasteiger partial charge in [0.25, 0.3) is 10.0 Å². The molecular weight excluding hydrogens is 697 g/mol. The SMILES string of the molecule is CC(C)CNC(=O)[C@@H](Cc1ccccc1)N(Cc1cccc(Br)c1)C(=O)CN(c1ccc(Cl)c(Cl)c1)S(=O)(=O)c1ccccc1. The number of carbonyl (C=O) groups is 2. The molecule has 1 atom stereocenters. The van der Waals surface area contributed by atoms with E-state index in [0.717, 1.165) is 19.9 Å². The van der Waals surface area contributed by atoms with Crippen molar-refractivity contribution < 1.29 is 18.0 Å². The van der Waals surface area contributed by atoms with Crippen LogP contribution in [-0.4, -0.2) is 44.3 Å². The summed E-state index contributed by atoms with van der Waals surface area (Å²) in [5.41, 5.74) is 1.78. The first-order valence-electron chi connectivity index (χ1n) is 14.3. The average molecular weight is 732 g/mol. The number of nitrogens with one attached hydrogen (secondary N) is 1. The third-order valence-corrected chi connectivity index (χ3v) is 10.0. The number of amides is 2. The predicted molar refractivity (Wildman–Crippen MR) is 184 cm³/mol. The average Bonchev–Trinajstić information content (AvgIpc) is 3.02. The van der Waals surface area contributed by atoms with E-state index in [9.17, 15) is 18.0 Å². The van der Waals surface area contributed by atoms with Crippen LogP contribution < -0.4 is 9.62 Å². The number of hydrogen-bond acceptors (Lipinski definition) is 4. The molecule has 0 aliphatic rings. The Morgan fingerprint density at radius 3 is 2.09 bits per heavy atom. The van der Waals surface area contributed by atoms with Crippen molar-refractivity contribution in [3.63, 3.8) is 0 Å². The normalized spacial score (nSPS) is 12.0. The molecule has 0 radical (unpaired) electrons. The Bertz CT molecular complexity index is 1720. The van der Waals surface area contributed by atoms with Crippen molar-refractivity contribution >= 4 is 66.7 Å². The van der Waals surface area contributed by atoms with Crippen LogP contribution in [0.2, 0.25) is 10.0 Å². The largest absolute Gasteiger partial charge is 0.354 e. The summed E-state index contributed by atoms with van der Waals surface area (Å²) < 4.78 is 29.9. The first-order valence-corrected chi connectivity index (χ1v) is 17.3. The topological polar surface area (TPSA) is 86.8 Å². The molecule has 11 heteroatoms. The van der Waals surface area contributed by atoms with Crippen LogP contribution in [0.15, 0.2) is 112 Å². The van der Waals surface area contributed by atoms with Gasteiger partial charge < -0.3 is 10.2 Å². The molecule has 0 aromatic heterocycles. The van der Waals surface area contributed by atoms with Crippen LogP contribution in [0.3, 0.4) is 0 Å². The number of nitrogens with zero attached hydrogens (tertiary/aromatic N) is 2. The summed E-state index contributed by atoms with van der Waals surface area (Å²) >= 11 is 16.0. The van der Waals surface area contributed by atoms with Gasteiger partial charge in [-0.3, -0.25) is 13.9 Å². The molecule has 4 aromatic rings. The molecular formula is C34H34BrCl2N3O4S. The summed E-state index contributed by atoms with van der Waals surface area (Å²) in [7, 11) is -4.24. The number of sulfonamides is 1. The highest BCUT2D eigenvalue weighted by atomic mass is 79.9. The number of benzene rings is 4. The summed E-state index contributed by atoms with van der Waals surface area (Å²) in [6.45, 7) is 3.86. The van der Waals surface area contributed by atoms with Gasteiger partial charge in [-0.25, -0.2) is 8.42 Å². The Morgan fingerprint density at radius 1 is 0.822 bits per heavy atom. The quantitative estimate of drug-likeness (QED) is 0.156. The third-order valence-electron chi connectivity index (χ3n) is 7.00. The molecule has 0 saturated carbocycles. The van der Waals surface area contributed by atoms with Gasteiger partial charge in [0.05, 0.1) is 20.6 Å². The van der Waals surface area contributed by atoms with Crippen LogP contribution >= 0.6 is 39.1 Å². The number of carbonyl (C=O) groups excluding carboxylic acids is 2. The molecule has 236 valence electrons. The molecule has 4 aromatic carbocycles. The van der Waals surface area contributed by atoms with E-state index in [1.54, 1.807) is 18.2 Å². The Morgan fingerprint density at radius 2 is 1.47 bits per heavy atom. The van der Waals surface area contributed by atoms with Crippen LogP contribution in [0.4, 0.5) is 5.69 Å². The second kappa shape index (κ2) is 15.8. The number of rotatable bonds is 13. The zero-order chi connectivity index (χ0) is 32.6. The van der Waals surface area contributed by atoms with Crippen molar-refractivity contribution in [2.45, 2.75) is 37.8 Å². The maximum Gasteiger partial charge on any atom is 0.264 e. The van der Waals surface area contributed by atoms with Gasteiger partial charge in [0.1, 0.15) is 12.6 Å². The lowest BCUT2D eigenvalue weighted by Gasteiger charge is -2.34. The van der Waals surface area contributed by atoms with Crippen LogP contribution in [0, 0.1) is 5.92 Å². The Labute approximate surface area is 283 Å². The molecule has 45 heavy (non-hydrogen) atoms. The van der Waals surface area contributed by atoms with Gasteiger partial charge in [0, 0.05) is 24.0 Å². The summed E-state index contributed by atoms with van der Waals surface area (Å²) in [5, 5.41) is 3.36. The van der Waals surface area contributed by atoms with Crippen LogP contribution in [0.5, 0.6) is 0 Å². The minimum atomic E-state index is -4.24. The fourth-order valence-corrected chi connectivity index (χ4v) is 6.86. The zero-order valence-corrected chi connectivity index (χ0v) is 28.8. The van der Waals surface area contributed by atoms with Crippen molar-refractivity contribution in [1.29, 1.82) is 0 Å². The second-order valence-electron chi connectivity index (χ2n) is 10.9. The molecule has 4 rings (SSSR count). The summed E-state index contributed by atoms with van der Waals surface area (Å²) in [6, 6.07) is 28.1. The van der Waals surface area contributed by atoms with Gasteiger partial charge in [-0.15, -0.1) is 0 Å². The highest BCUT2D eigenvalue weighted by Crippen LogP contribution is 2.31. The van der Waals surface area contributed by atoms with Gasteiger partial charge in [-0.2, -0.15) is 0 Å². The highest BCUT2D eigenvalue weighted by molar-refractivity contribution is 9.10. The van der Waals surface area contributed by atoms with Crippen molar-refractivity contribution in [3.8, 4) is 0 Å². The van der Waals surface area contributed by atoms with E-state index in [-0.39, 0.29) is 45.4 Å². The van der Waals surface area contributed by atoms with E-state index in [1.165, 1.54) is 35.2 Å². The molecule has 1 N–H and O–H groups in total. The maximum atomic E-state index is 14.5. The molecule has 0 fully saturated rings. The lowest BCUT2D eigenvalue weighted by molar-refractivity contribution is -0.140. The van der Waals surface area contributed by atoms with Gasteiger partial charge in [-0.05, 0) is 59.5 Å². The fraction of sp³-hybridized carbons (Fsp3) is 0.235. The van der Waals surface area contributed by atoms with E-state index in [2.05, 4.69) is 21.2 Å². The van der Waals surface area contributed by atoms with E-state index in [1.807, 2.05) is 68.4 Å². The van der Waals surface area contributed by atoms with Crippen LogP contribution in [0.1, 0.15) is 25.0 Å². The van der Waals surface area contributed by atoms with E-state index in [0.29, 0.717) is 6.54 Å². The van der Waals surface area contributed by atoms with Gasteiger partial charge in [-0.1, -0.05) is 114 Å². The Hall–Kier alpha value is -3.37. The summed E-state index contributed by atoms with van der Waals surface area (Å²) in [4.78, 5) is 29.8. The molecule has 0 aliphatic heterocycles. The second-order valence-corrected chi connectivity index (χ2v) is 14.5. The molecule has 7 nitrogen and oxygen atoms in total. The van der Waals surface area contributed by atoms with Crippen LogP contribution in [-0.2, 0) is 32.6 Å². The fourth-order valence-electron chi connectivity index (χ4n) is 4.70. The van der Waals surface area contributed by atoms with Crippen LogP contribution in [0.25, 0.3) is 0 Å². The van der Waals surface area contributed by atoms with Gasteiger partial charge in [0.15, 0.2) is 0 Å². The summed E-state index contributed by atoms with van der Waals surface area (Å²) in [6.07, 6.45) is 0.225. The molecule has 0 unspecified atom stereocenters. The molecule has 2 amide bonds. The molecule has 0 heterocycles. The Kier molecular flexibility index (Phi) is 12.1. The number of anilines is 1. The van der Waals surface area contributed by atoms with Crippen molar-refractivity contribution in [2.24, 2.45) is 5.92 Å². The highest BCUT2D eigenvalue weighted by Gasteiger charge is 2.34. The molecule has 0 saturated heterocycles. The first kappa shape index (κ1) is 34.5. The minimum Gasteiger partial charge on any atom is -0.354 e. The zero-order valence-electron chi connectivity index (χ0n) is 24.9. The summed E-state index contributed by atoms with van der Waals surface area (Å²) in [5.74, 6) is -0.717. The maximum absolute atomic E-state index is 14.5.